The Bertz CT molecular complexity index is 246. The van der Waals surface area contributed by atoms with E-state index in [0.29, 0.717) is 0 Å². The van der Waals surface area contributed by atoms with Gasteiger partial charge in [-0.2, -0.15) is 0 Å². The summed E-state index contributed by atoms with van der Waals surface area (Å²) in [7, 11) is 1.65. The highest BCUT2D eigenvalue weighted by molar-refractivity contribution is 5.47. The van der Waals surface area contributed by atoms with Crippen molar-refractivity contribution >= 4 is 5.69 Å². The molecule has 0 spiro atoms. The summed E-state index contributed by atoms with van der Waals surface area (Å²) >= 11 is 0. The minimum absolute atomic E-state index is 1.09. The van der Waals surface area contributed by atoms with E-state index in [1.807, 2.05) is 12.1 Å². The molecular weight excluding hydrogens is 162 g/mol. The maximum absolute atomic E-state index is 4.60. The van der Waals surface area contributed by atoms with Gasteiger partial charge in [-0.1, -0.05) is 18.7 Å². The number of nitrogens with one attached hydrogen (secondary N) is 2. The van der Waals surface area contributed by atoms with Crippen LogP contribution in [0.2, 0.25) is 0 Å². The molecule has 0 saturated carbocycles. The van der Waals surface area contributed by atoms with E-state index in [0.717, 1.165) is 5.69 Å². The summed E-state index contributed by atoms with van der Waals surface area (Å²) in [6.45, 7) is 5.64. The van der Waals surface area contributed by atoms with Gasteiger partial charge in [0.05, 0.1) is 0 Å². The minimum atomic E-state index is 1.09. The zero-order chi connectivity index (χ0) is 10.1. The molecule has 0 saturated heterocycles. The molecule has 0 fully saturated rings. The van der Waals surface area contributed by atoms with Gasteiger partial charge >= 0.3 is 0 Å². The van der Waals surface area contributed by atoms with Crippen LogP contribution in [0.3, 0.4) is 0 Å². The first-order chi connectivity index (χ1) is 6.24. The monoisotopic (exact) mass is 179 g/mol. The van der Waals surface area contributed by atoms with Crippen LogP contribution in [0.5, 0.6) is 0 Å². The number of rotatable bonds is 2. The Morgan fingerprint density at radius 3 is 2.54 bits per heavy atom. The van der Waals surface area contributed by atoms with Gasteiger partial charge in [-0.05, 0) is 37.9 Å². The zero-order valence-electron chi connectivity index (χ0n) is 8.17. The van der Waals surface area contributed by atoms with Crippen molar-refractivity contribution in [3.05, 3.63) is 42.6 Å². The van der Waals surface area contributed by atoms with Crippen molar-refractivity contribution in [3.63, 3.8) is 0 Å². The molecule has 0 amide bonds. The van der Waals surface area contributed by atoms with E-state index in [-0.39, 0.29) is 0 Å². The fourth-order valence-electron chi connectivity index (χ4n) is 0.853. The Hall–Kier alpha value is -1.32. The molecule has 1 rings (SSSR count). The van der Waals surface area contributed by atoms with Crippen LogP contribution >= 0.6 is 0 Å². The SMILES string of the molecule is C=CNc1cccc(C)c1.CNN. The molecule has 3 heteroatoms. The lowest BCUT2D eigenvalue weighted by Gasteiger charge is -1.99. The third-order valence-corrected chi connectivity index (χ3v) is 1.29. The number of anilines is 1. The van der Waals surface area contributed by atoms with Crippen molar-refractivity contribution < 1.29 is 0 Å². The van der Waals surface area contributed by atoms with Crippen LogP contribution in [0.25, 0.3) is 0 Å². The lowest BCUT2D eigenvalue weighted by molar-refractivity contribution is 0.900. The van der Waals surface area contributed by atoms with Crippen LogP contribution in [-0.4, -0.2) is 7.05 Å². The lowest BCUT2D eigenvalue weighted by Crippen LogP contribution is -2.13. The van der Waals surface area contributed by atoms with E-state index in [4.69, 9.17) is 0 Å². The van der Waals surface area contributed by atoms with Crippen LogP contribution in [0, 0.1) is 6.92 Å². The van der Waals surface area contributed by atoms with Gasteiger partial charge in [0, 0.05) is 5.69 Å². The molecule has 3 nitrogen and oxygen atoms in total. The quantitative estimate of drug-likeness (QED) is 0.478. The van der Waals surface area contributed by atoms with Crippen LogP contribution in [0.4, 0.5) is 5.69 Å². The third kappa shape index (κ3) is 5.90. The van der Waals surface area contributed by atoms with E-state index >= 15 is 0 Å². The number of benzene rings is 1. The molecule has 0 radical (unpaired) electrons. The van der Waals surface area contributed by atoms with Crippen molar-refractivity contribution in [2.75, 3.05) is 12.4 Å². The summed E-state index contributed by atoms with van der Waals surface area (Å²) in [5.41, 5.74) is 4.60. The molecule has 0 aromatic heterocycles. The maximum Gasteiger partial charge on any atom is 0.0382 e. The van der Waals surface area contributed by atoms with E-state index < -0.39 is 0 Å². The average Bonchev–Trinajstić information content (AvgIpc) is 2.06. The number of hydrogen-bond acceptors (Lipinski definition) is 3. The van der Waals surface area contributed by atoms with Crippen molar-refractivity contribution in [2.24, 2.45) is 5.84 Å². The summed E-state index contributed by atoms with van der Waals surface area (Å²) in [5.74, 6) is 4.60. The van der Waals surface area contributed by atoms with Gasteiger partial charge in [0.25, 0.3) is 0 Å². The van der Waals surface area contributed by atoms with Crippen LogP contribution in [0.15, 0.2) is 37.0 Å². The van der Waals surface area contributed by atoms with Crippen molar-refractivity contribution in [2.45, 2.75) is 6.92 Å². The topological polar surface area (TPSA) is 50.1 Å². The van der Waals surface area contributed by atoms with Crippen molar-refractivity contribution in [3.8, 4) is 0 Å². The van der Waals surface area contributed by atoms with Crippen molar-refractivity contribution in [1.29, 1.82) is 0 Å². The molecule has 0 unspecified atom stereocenters. The normalized spacial score (nSPS) is 8.23. The summed E-state index contributed by atoms with van der Waals surface area (Å²) < 4.78 is 0. The largest absolute Gasteiger partial charge is 0.362 e. The maximum atomic E-state index is 4.60. The number of aryl methyl sites for hydroxylation is 1. The molecular formula is C10H17N3. The third-order valence-electron chi connectivity index (χ3n) is 1.29. The Labute approximate surface area is 79.6 Å². The molecule has 0 aliphatic carbocycles. The van der Waals surface area contributed by atoms with E-state index in [1.54, 1.807) is 13.2 Å². The lowest BCUT2D eigenvalue weighted by atomic mass is 10.2. The standard InChI is InChI=1S/C9H11N.CH6N2/c1-3-10-9-6-4-5-8(2)7-9;1-3-2/h3-7,10H,1H2,2H3;3H,2H2,1H3. The molecule has 13 heavy (non-hydrogen) atoms. The molecule has 4 N–H and O–H groups in total. The molecule has 0 aliphatic rings. The molecule has 0 atom stereocenters. The summed E-state index contributed by atoms with van der Waals surface area (Å²) in [4.78, 5) is 0. The van der Waals surface area contributed by atoms with Gasteiger partial charge in [0.1, 0.15) is 0 Å². The summed E-state index contributed by atoms with van der Waals surface area (Å²) in [6, 6.07) is 8.16. The fraction of sp³-hybridized carbons (Fsp3) is 0.200. The summed E-state index contributed by atoms with van der Waals surface area (Å²) in [5, 5.41) is 3.01. The molecule has 0 aliphatic heterocycles. The Kier molecular flexibility index (Phi) is 6.59. The first kappa shape index (κ1) is 11.7. The number of hydrogen-bond donors (Lipinski definition) is 3. The smallest absolute Gasteiger partial charge is 0.0382 e. The highest BCUT2D eigenvalue weighted by Crippen LogP contribution is 2.08. The van der Waals surface area contributed by atoms with Gasteiger partial charge in [-0.3, -0.25) is 11.3 Å². The van der Waals surface area contributed by atoms with Gasteiger partial charge in [0.15, 0.2) is 0 Å². The van der Waals surface area contributed by atoms with E-state index in [9.17, 15) is 0 Å². The van der Waals surface area contributed by atoms with Crippen LogP contribution in [0.1, 0.15) is 5.56 Å². The zero-order valence-corrected chi connectivity index (χ0v) is 8.17. The fourth-order valence-corrected chi connectivity index (χ4v) is 0.853. The van der Waals surface area contributed by atoms with Crippen molar-refractivity contribution in [1.82, 2.24) is 5.43 Å². The molecule has 0 bridgehead atoms. The van der Waals surface area contributed by atoms with E-state index in [2.05, 4.69) is 42.2 Å². The molecule has 1 aromatic carbocycles. The Morgan fingerprint density at radius 1 is 1.46 bits per heavy atom. The molecule has 72 valence electrons. The second-order valence-electron chi connectivity index (χ2n) is 2.51. The average molecular weight is 179 g/mol. The van der Waals surface area contributed by atoms with Gasteiger partial charge in [-0.15, -0.1) is 0 Å². The van der Waals surface area contributed by atoms with Crippen LogP contribution < -0.4 is 16.6 Å². The van der Waals surface area contributed by atoms with Crippen LogP contribution in [-0.2, 0) is 0 Å². The van der Waals surface area contributed by atoms with Gasteiger partial charge in [0.2, 0.25) is 0 Å². The summed E-state index contributed by atoms with van der Waals surface area (Å²) in [6.07, 6.45) is 1.68. The van der Waals surface area contributed by atoms with E-state index in [1.165, 1.54) is 5.56 Å². The first-order valence-corrected chi connectivity index (χ1v) is 4.06. The predicted octanol–water partition coefficient (Wildman–Crippen LogP) is 1.63. The second kappa shape index (κ2) is 7.34. The molecule has 0 heterocycles. The highest BCUT2D eigenvalue weighted by Gasteiger charge is 1.85. The Balaban J connectivity index is 0.000000424. The molecule has 1 aromatic rings. The minimum Gasteiger partial charge on any atom is -0.362 e. The number of nitrogens with two attached hydrogens (primary N) is 1. The first-order valence-electron chi connectivity index (χ1n) is 4.06. The second-order valence-corrected chi connectivity index (χ2v) is 2.51. The Morgan fingerprint density at radius 2 is 2.08 bits per heavy atom. The predicted molar refractivity (Wildman–Crippen MR) is 58.2 cm³/mol. The highest BCUT2D eigenvalue weighted by atomic mass is 15.2. The number of hydrazine groups is 1. The van der Waals surface area contributed by atoms with Gasteiger partial charge < -0.3 is 5.32 Å². The van der Waals surface area contributed by atoms with Gasteiger partial charge in [-0.25, -0.2) is 0 Å².